The van der Waals surface area contributed by atoms with Crippen LogP contribution in [0.2, 0.25) is 0 Å². The zero-order valence-electron chi connectivity index (χ0n) is 10.6. The zero-order valence-corrected chi connectivity index (χ0v) is 13.7. The van der Waals surface area contributed by atoms with Crippen molar-refractivity contribution < 1.29 is 14.7 Å². The molecule has 7 heteroatoms. The number of carboxylic acid groups (broad SMARTS) is 1. The van der Waals surface area contributed by atoms with Crippen LogP contribution in [0.1, 0.15) is 23.7 Å². The smallest absolute Gasteiger partial charge is 0.326 e. The first kappa shape index (κ1) is 16.7. The first-order valence-corrected chi connectivity index (χ1v) is 7.30. The van der Waals surface area contributed by atoms with Crippen LogP contribution in [0, 0.1) is 17.2 Å². The number of rotatable bonds is 5. The van der Waals surface area contributed by atoms with Crippen molar-refractivity contribution >= 4 is 43.7 Å². The summed E-state index contributed by atoms with van der Waals surface area (Å²) in [6.45, 7) is 1.61. The van der Waals surface area contributed by atoms with Crippen molar-refractivity contribution in [3.63, 3.8) is 0 Å². The molecule has 1 aromatic rings. The van der Waals surface area contributed by atoms with E-state index in [1.54, 1.807) is 25.1 Å². The summed E-state index contributed by atoms with van der Waals surface area (Å²) in [4.78, 5) is 23.2. The first-order chi connectivity index (χ1) is 9.35. The van der Waals surface area contributed by atoms with E-state index < -0.39 is 23.8 Å². The van der Waals surface area contributed by atoms with Crippen molar-refractivity contribution in [3.8, 4) is 6.07 Å². The van der Waals surface area contributed by atoms with Gasteiger partial charge in [-0.25, -0.2) is 4.79 Å². The highest BCUT2D eigenvalue weighted by Crippen LogP contribution is 2.20. The van der Waals surface area contributed by atoms with Crippen LogP contribution in [0.15, 0.2) is 27.1 Å². The van der Waals surface area contributed by atoms with Gasteiger partial charge >= 0.3 is 5.97 Å². The number of carboxylic acids is 1. The van der Waals surface area contributed by atoms with E-state index in [2.05, 4.69) is 37.2 Å². The van der Waals surface area contributed by atoms with Crippen LogP contribution in [0.5, 0.6) is 0 Å². The van der Waals surface area contributed by atoms with Crippen molar-refractivity contribution in [2.45, 2.75) is 19.4 Å². The molecular weight excluding hydrogens is 392 g/mol. The molecule has 0 aliphatic carbocycles. The summed E-state index contributed by atoms with van der Waals surface area (Å²) in [7, 11) is 0. The highest BCUT2D eigenvalue weighted by Gasteiger charge is 2.26. The molecule has 20 heavy (non-hydrogen) atoms. The minimum Gasteiger partial charge on any atom is -0.480 e. The molecule has 1 rings (SSSR count). The first-order valence-electron chi connectivity index (χ1n) is 5.72. The molecule has 0 unspecified atom stereocenters. The van der Waals surface area contributed by atoms with Crippen LogP contribution in [0.25, 0.3) is 0 Å². The molecule has 2 atom stereocenters. The van der Waals surface area contributed by atoms with Gasteiger partial charge in [-0.05, 0) is 18.2 Å². The Hall–Kier alpha value is -1.39. The van der Waals surface area contributed by atoms with E-state index >= 15 is 0 Å². The lowest BCUT2D eigenvalue weighted by Gasteiger charge is -2.19. The summed E-state index contributed by atoms with van der Waals surface area (Å²) in [5.74, 6) is -2.13. The Labute approximate surface area is 133 Å². The number of nitrogens with zero attached hydrogens (tertiary/aromatic N) is 1. The highest BCUT2D eigenvalue weighted by atomic mass is 79.9. The maximum atomic E-state index is 12.1. The fraction of sp³-hybridized carbons (Fsp3) is 0.308. The number of hydrogen-bond acceptors (Lipinski definition) is 3. The van der Waals surface area contributed by atoms with Crippen LogP contribution in [0.4, 0.5) is 0 Å². The van der Waals surface area contributed by atoms with Gasteiger partial charge in [-0.1, -0.05) is 38.8 Å². The molecule has 1 aromatic carbocycles. The SMILES string of the molecule is C[C@H](CC#N)[C@H](NC(=O)c1cc(Br)cc(Br)c1)C(=O)O. The predicted octanol–water partition coefficient (Wildman–Crippen LogP) is 2.94. The van der Waals surface area contributed by atoms with E-state index in [4.69, 9.17) is 10.4 Å². The molecule has 5 nitrogen and oxygen atoms in total. The van der Waals surface area contributed by atoms with E-state index in [1.807, 2.05) is 6.07 Å². The van der Waals surface area contributed by atoms with Crippen molar-refractivity contribution in [3.05, 3.63) is 32.7 Å². The van der Waals surface area contributed by atoms with E-state index in [0.717, 1.165) is 0 Å². The lowest BCUT2D eigenvalue weighted by atomic mass is 9.98. The summed E-state index contributed by atoms with van der Waals surface area (Å²) in [5.41, 5.74) is 0.335. The van der Waals surface area contributed by atoms with Crippen molar-refractivity contribution in [2.75, 3.05) is 0 Å². The standard InChI is InChI=1S/C13H12Br2N2O3/c1-7(2-3-16)11(13(19)20)17-12(18)8-4-9(14)6-10(15)5-8/h4-7,11H,2H2,1H3,(H,17,18)(H,19,20)/t7-,11+/m1/s1. The number of carbonyl (C=O) groups excluding carboxylic acids is 1. The second-order valence-corrected chi connectivity index (χ2v) is 6.12. The molecule has 0 saturated heterocycles. The molecule has 0 aliphatic heterocycles. The number of nitrogens with one attached hydrogen (secondary N) is 1. The number of aliphatic carboxylic acids is 1. The number of halogens is 2. The van der Waals surface area contributed by atoms with Gasteiger partial charge in [-0.3, -0.25) is 4.79 Å². The fourth-order valence-electron chi connectivity index (χ4n) is 1.62. The molecule has 0 radical (unpaired) electrons. The number of hydrogen-bond donors (Lipinski definition) is 2. The van der Waals surface area contributed by atoms with E-state index in [1.165, 1.54) is 0 Å². The third-order valence-corrected chi connectivity index (χ3v) is 3.58. The van der Waals surface area contributed by atoms with Gasteiger partial charge < -0.3 is 10.4 Å². The molecule has 0 aromatic heterocycles. The number of carbonyl (C=O) groups is 2. The molecule has 0 heterocycles. The average molecular weight is 404 g/mol. The molecule has 0 fully saturated rings. The van der Waals surface area contributed by atoms with Gasteiger partial charge in [0.2, 0.25) is 0 Å². The summed E-state index contributed by atoms with van der Waals surface area (Å²) in [6, 6.07) is 5.76. The van der Waals surface area contributed by atoms with Crippen LogP contribution in [-0.4, -0.2) is 23.0 Å². The molecule has 0 saturated carbocycles. The lowest BCUT2D eigenvalue weighted by molar-refractivity contribution is -0.140. The zero-order chi connectivity index (χ0) is 15.3. The Balaban J connectivity index is 2.91. The predicted molar refractivity (Wildman–Crippen MR) is 80.1 cm³/mol. The van der Waals surface area contributed by atoms with Crippen LogP contribution in [0.3, 0.4) is 0 Å². The van der Waals surface area contributed by atoms with Crippen molar-refractivity contribution in [1.82, 2.24) is 5.32 Å². The molecule has 0 bridgehead atoms. The van der Waals surface area contributed by atoms with Crippen LogP contribution >= 0.6 is 31.9 Å². The highest BCUT2D eigenvalue weighted by molar-refractivity contribution is 9.11. The Morgan fingerprint density at radius 1 is 1.35 bits per heavy atom. The number of amides is 1. The second kappa shape index (κ2) is 7.41. The van der Waals surface area contributed by atoms with E-state index in [9.17, 15) is 9.59 Å². The van der Waals surface area contributed by atoms with Gasteiger partial charge in [0.15, 0.2) is 0 Å². The molecule has 0 aliphatic rings. The molecule has 2 N–H and O–H groups in total. The second-order valence-electron chi connectivity index (χ2n) is 4.29. The normalized spacial score (nSPS) is 13.1. The van der Waals surface area contributed by atoms with Crippen LogP contribution in [-0.2, 0) is 4.79 Å². The third kappa shape index (κ3) is 4.62. The molecule has 106 valence electrons. The summed E-state index contributed by atoms with van der Waals surface area (Å²) in [5, 5.41) is 20.2. The monoisotopic (exact) mass is 402 g/mol. The lowest BCUT2D eigenvalue weighted by Crippen LogP contribution is -2.45. The third-order valence-electron chi connectivity index (χ3n) is 2.66. The van der Waals surface area contributed by atoms with Gasteiger partial charge in [-0.2, -0.15) is 5.26 Å². The maximum absolute atomic E-state index is 12.1. The Morgan fingerprint density at radius 2 is 1.90 bits per heavy atom. The topological polar surface area (TPSA) is 90.2 Å². The summed E-state index contributed by atoms with van der Waals surface area (Å²) >= 11 is 6.52. The minimum atomic E-state index is -1.16. The maximum Gasteiger partial charge on any atom is 0.326 e. The number of nitriles is 1. The fourth-order valence-corrected chi connectivity index (χ4v) is 2.91. The summed E-state index contributed by atoms with van der Waals surface area (Å²) < 4.78 is 1.41. The average Bonchev–Trinajstić information content (AvgIpc) is 2.34. The van der Waals surface area contributed by atoms with Gasteiger partial charge in [-0.15, -0.1) is 0 Å². The van der Waals surface area contributed by atoms with E-state index in [0.29, 0.717) is 14.5 Å². The van der Waals surface area contributed by atoms with Gasteiger partial charge in [0.1, 0.15) is 6.04 Å². The van der Waals surface area contributed by atoms with E-state index in [-0.39, 0.29) is 6.42 Å². The van der Waals surface area contributed by atoms with Gasteiger partial charge in [0.25, 0.3) is 5.91 Å². The van der Waals surface area contributed by atoms with Crippen LogP contribution < -0.4 is 5.32 Å². The minimum absolute atomic E-state index is 0.0550. The molecular formula is C13H12Br2N2O3. The Morgan fingerprint density at radius 3 is 2.35 bits per heavy atom. The number of benzene rings is 1. The largest absolute Gasteiger partial charge is 0.480 e. The van der Waals surface area contributed by atoms with Gasteiger partial charge in [0, 0.05) is 26.8 Å². The Kier molecular flexibility index (Phi) is 6.17. The summed E-state index contributed by atoms with van der Waals surface area (Å²) in [6.07, 6.45) is 0.0550. The molecule has 0 spiro atoms. The Bertz CT molecular complexity index is 549. The molecule has 1 amide bonds. The van der Waals surface area contributed by atoms with Crippen molar-refractivity contribution in [1.29, 1.82) is 5.26 Å². The quantitative estimate of drug-likeness (QED) is 0.790. The van der Waals surface area contributed by atoms with Crippen molar-refractivity contribution in [2.24, 2.45) is 5.92 Å². The van der Waals surface area contributed by atoms with Gasteiger partial charge in [0.05, 0.1) is 6.07 Å².